The number of H-pyrrole nitrogens is 1. The Balaban J connectivity index is 1.38. The van der Waals surface area contributed by atoms with Gasteiger partial charge in [0.2, 0.25) is 0 Å². The Morgan fingerprint density at radius 1 is 1.32 bits per heavy atom. The quantitative estimate of drug-likeness (QED) is 0.634. The highest BCUT2D eigenvalue weighted by atomic mass is 16.6. The highest BCUT2D eigenvalue weighted by Gasteiger charge is 2.30. The summed E-state index contributed by atoms with van der Waals surface area (Å²) in [6.45, 7) is 4.34. The number of carbonyl (C=O) groups excluding carboxylic acids is 2. The van der Waals surface area contributed by atoms with E-state index in [4.69, 9.17) is 4.74 Å². The number of alkyl carbamates (subject to hydrolysis) is 1. The summed E-state index contributed by atoms with van der Waals surface area (Å²) >= 11 is 0. The molecule has 8 heteroatoms. The number of anilines is 2. The number of aromatic amines is 1. The summed E-state index contributed by atoms with van der Waals surface area (Å²) in [6.07, 6.45) is 2.15. The smallest absolute Gasteiger partial charge is 0.407 e. The van der Waals surface area contributed by atoms with E-state index in [9.17, 15) is 9.59 Å². The zero-order valence-corrected chi connectivity index (χ0v) is 16.0. The van der Waals surface area contributed by atoms with Gasteiger partial charge in [0.25, 0.3) is 5.91 Å². The standard InChI is InChI=1S/C20H25N5O3/c1-11(2)22-20(27)28-13-7-6-12(8-13)17-9-18(25-24-17)23-16-5-3-4-14-15(16)10-21-19(14)26/h3-5,9,11-13H,6-8,10H2,1-2H3,(H,21,26)(H,22,27)(H2,23,24,25)/t12-,13+/m0/s1. The van der Waals surface area contributed by atoms with Gasteiger partial charge in [0.05, 0.1) is 0 Å². The van der Waals surface area contributed by atoms with Crippen molar-refractivity contribution in [3.8, 4) is 0 Å². The highest BCUT2D eigenvalue weighted by molar-refractivity contribution is 6.00. The van der Waals surface area contributed by atoms with E-state index in [0.29, 0.717) is 17.9 Å². The van der Waals surface area contributed by atoms with Gasteiger partial charge in [-0.2, -0.15) is 5.10 Å². The lowest BCUT2D eigenvalue weighted by molar-refractivity contribution is 0.0962. The molecule has 2 amide bonds. The number of hydrogen-bond acceptors (Lipinski definition) is 5. The summed E-state index contributed by atoms with van der Waals surface area (Å²) in [4.78, 5) is 23.6. The van der Waals surface area contributed by atoms with Gasteiger partial charge in [-0.15, -0.1) is 0 Å². The van der Waals surface area contributed by atoms with Crippen LogP contribution < -0.4 is 16.0 Å². The first kappa shape index (κ1) is 18.3. The molecule has 2 aliphatic rings. The maximum Gasteiger partial charge on any atom is 0.407 e. The third-order valence-electron chi connectivity index (χ3n) is 5.21. The second kappa shape index (κ2) is 7.53. The van der Waals surface area contributed by atoms with Crippen molar-refractivity contribution in [2.45, 2.75) is 57.7 Å². The Kier molecular flexibility index (Phi) is 4.93. The van der Waals surface area contributed by atoms with Crippen molar-refractivity contribution in [3.05, 3.63) is 41.1 Å². The van der Waals surface area contributed by atoms with E-state index in [2.05, 4.69) is 26.1 Å². The molecule has 28 heavy (non-hydrogen) atoms. The maximum absolute atomic E-state index is 11.8. The Bertz CT molecular complexity index is 892. The third kappa shape index (κ3) is 3.81. The van der Waals surface area contributed by atoms with Crippen molar-refractivity contribution < 1.29 is 14.3 Å². The van der Waals surface area contributed by atoms with Gasteiger partial charge >= 0.3 is 6.09 Å². The summed E-state index contributed by atoms with van der Waals surface area (Å²) < 4.78 is 5.50. The first-order valence-corrected chi connectivity index (χ1v) is 9.69. The highest BCUT2D eigenvalue weighted by Crippen LogP contribution is 2.36. The number of aromatic nitrogens is 2. The fraction of sp³-hybridized carbons (Fsp3) is 0.450. The molecular weight excluding hydrogens is 358 g/mol. The van der Waals surface area contributed by atoms with Crippen molar-refractivity contribution in [2.75, 3.05) is 5.32 Å². The third-order valence-corrected chi connectivity index (χ3v) is 5.21. The van der Waals surface area contributed by atoms with Gasteiger partial charge in [0.1, 0.15) is 6.10 Å². The van der Waals surface area contributed by atoms with Crippen LogP contribution in [0.1, 0.15) is 60.6 Å². The van der Waals surface area contributed by atoms with Crippen LogP contribution in [0, 0.1) is 0 Å². The van der Waals surface area contributed by atoms with E-state index in [0.717, 1.165) is 36.2 Å². The predicted octanol–water partition coefficient (Wildman–Crippen LogP) is 3.17. The topological polar surface area (TPSA) is 108 Å². The van der Waals surface area contributed by atoms with E-state index in [1.54, 1.807) is 0 Å². The predicted molar refractivity (Wildman–Crippen MR) is 105 cm³/mol. The largest absolute Gasteiger partial charge is 0.446 e. The van der Waals surface area contributed by atoms with Crippen molar-refractivity contribution >= 4 is 23.5 Å². The van der Waals surface area contributed by atoms with Crippen LogP contribution in [0.15, 0.2) is 24.3 Å². The van der Waals surface area contributed by atoms with Crippen LogP contribution in [0.4, 0.5) is 16.3 Å². The molecule has 4 N–H and O–H groups in total. The van der Waals surface area contributed by atoms with Crippen molar-refractivity contribution in [2.24, 2.45) is 0 Å². The minimum absolute atomic E-state index is 0.0418. The van der Waals surface area contributed by atoms with Crippen LogP contribution in [0.5, 0.6) is 0 Å². The zero-order chi connectivity index (χ0) is 19.7. The van der Waals surface area contributed by atoms with Gasteiger partial charge in [0, 0.05) is 47.1 Å². The van der Waals surface area contributed by atoms with Crippen LogP contribution in [-0.4, -0.2) is 34.3 Å². The number of rotatable bonds is 5. The van der Waals surface area contributed by atoms with Gasteiger partial charge in [0.15, 0.2) is 5.82 Å². The molecule has 0 unspecified atom stereocenters. The van der Waals surface area contributed by atoms with Crippen LogP contribution in [-0.2, 0) is 11.3 Å². The van der Waals surface area contributed by atoms with Crippen molar-refractivity contribution in [1.82, 2.24) is 20.8 Å². The number of benzene rings is 1. The number of hydrogen-bond donors (Lipinski definition) is 4. The summed E-state index contributed by atoms with van der Waals surface area (Å²) in [5, 5.41) is 16.4. The van der Waals surface area contributed by atoms with Crippen LogP contribution in [0.2, 0.25) is 0 Å². The zero-order valence-electron chi connectivity index (χ0n) is 16.0. The van der Waals surface area contributed by atoms with Gasteiger partial charge in [-0.1, -0.05) is 6.07 Å². The number of nitrogens with zero attached hydrogens (tertiary/aromatic N) is 1. The van der Waals surface area contributed by atoms with Gasteiger partial charge < -0.3 is 20.7 Å². The molecule has 8 nitrogen and oxygen atoms in total. The van der Waals surface area contributed by atoms with Crippen LogP contribution in [0.3, 0.4) is 0 Å². The van der Waals surface area contributed by atoms with E-state index in [1.165, 1.54) is 0 Å². The molecule has 2 heterocycles. The molecule has 1 aliphatic carbocycles. The van der Waals surface area contributed by atoms with E-state index < -0.39 is 0 Å². The monoisotopic (exact) mass is 383 g/mol. The molecule has 148 valence electrons. The molecule has 0 bridgehead atoms. The second-order valence-electron chi connectivity index (χ2n) is 7.68. The summed E-state index contributed by atoms with van der Waals surface area (Å²) in [5.41, 5.74) is 3.57. The molecule has 0 spiro atoms. The van der Waals surface area contributed by atoms with E-state index in [1.807, 2.05) is 38.1 Å². The lowest BCUT2D eigenvalue weighted by atomic mass is 10.0. The molecule has 1 aromatic carbocycles. The Hall–Kier alpha value is -3.03. The average Bonchev–Trinajstić information content (AvgIpc) is 3.36. The van der Waals surface area contributed by atoms with E-state index in [-0.39, 0.29) is 30.1 Å². The Labute approximate surface area is 163 Å². The van der Waals surface area contributed by atoms with Crippen LogP contribution in [0.25, 0.3) is 0 Å². The molecule has 1 aliphatic heterocycles. The molecule has 0 saturated heterocycles. The number of fused-ring (bicyclic) bond motifs is 1. The minimum Gasteiger partial charge on any atom is -0.446 e. The molecule has 1 saturated carbocycles. The second-order valence-corrected chi connectivity index (χ2v) is 7.68. The summed E-state index contributed by atoms with van der Waals surface area (Å²) in [7, 11) is 0. The molecule has 4 rings (SSSR count). The van der Waals surface area contributed by atoms with Crippen molar-refractivity contribution in [1.29, 1.82) is 0 Å². The fourth-order valence-corrected chi connectivity index (χ4v) is 3.87. The molecule has 2 aromatic rings. The fourth-order valence-electron chi connectivity index (χ4n) is 3.87. The van der Waals surface area contributed by atoms with Gasteiger partial charge in [-0.25, -0.2) is 4.79 Å². The molecule has 1 fully saturated rings. The lowest BCUT2D eigenvalue weighted by Gasteiger charge is -2.14. The molecular formula is C20H25N5O3. The van der Waals surface area contributed by atoms with Crippen LogP contribution >= 0.6 is 0 Å². The molecule has 0 radical (unpaired) electrons. The minimum atomic E-state index is -0.353. The number of nitrogens with one attached hydrogen (secondary N) is 4. The van der Waals surface area contributed by atoms with Gasteiger partial charge in [-0.3, -0.25) is 9.89 Å². The average molecular weight is 383 g/mol. The van der Waals surface area contributed by atoms with E-state index >= 15 is 0 Å². The van der Waals surface area contributed by atoms with Crippen molar-refractivity contribution in [3.63, 3.8) is 0 Å². The Morgan fingerprint density at radius 2 is 2.18 bits per heavy atom. The lowest BCUT2D eigenvalue weighted by Crippen LogP contribution is -2.33. The Morgan fingerprint density at radius 3 is 3.00 bits per heavy atom. The first-order valence-electron chi connectivity index (χ1n) is 9.69. The molecule has 2 atom stereocenters. The first-order chi connectivity index (χ1) is 13.5. The number of amides is 2. The molecule has 1 aromatic heterocycles. The normalized spacial score (nSPS) is 20.8. The SMILES string of the molecule is CC(C)NC(=O)O[C@@H]1CC[C@H](c2cc(Nc3cccc4c3CNC4=O)n[nH]2)C1. The maximum atomic E-state index is 11.8. The van der Waals surface area contributed by atoms with Gasteiger partial charge in [-0.05, 0) is 45.2 Å². The number of ether oxygens (including phenoxy) is 1. The summed E-state index contributed by atoms with van der Waals surface area (Å²) in [5.74, 6) is 0.953. The summed E-state index contributed by atoms with van der Waals surface area (Å²) in [6, 6.07) is 7.69. The number of carbonyl (C=O) groups is 2.